The van der Waals surface area contributed by atoms with Crippen molar-refractivity contribution < 1.29 is 8.78 Å². The summed E-state index contributed by atoms with van der Waals surface area (Å²) < 4.78 is 25.7. The molecule has 1 N–H and O–H groups in total. The lowest BCUT2D eigenvalue weighted by Crippen LogP contribution is -2.36. The summed E-state index contributed by atoms with van der Waals surface area (Å²) in [6, 6.07) is 0.538. The van der Waals surface area contributed by atoms with Gasteiger partial charge in [-0.05, 0) is 38.1 Å². The molecule has 3 heteroatoms. The molecule has 1 saturated heterocycles. The van der Waals surface area contributed by atoms with E-state index in [1.165, 1.54) is 12.8 Å². The van der Waals surface area contributed by atoms with Gasteiger partial charge in [0.1, 0.15) is 0 Å². The minimum Gasteiger partial charge on any atom is -0.314 e. The van der Waals surface area contributed by atoms with Crippen LogP contribution < -0.4 is 5.32 Å². The minimum atomic E-state index is -2.37. The molecule has 0 amide bonds. The van der Waals surface area contributed by atoms with Crippen LogP contribution in [0.15, 0.2) is 0 Å². The highest BCUT2D eigenvalue weighted by atomic mass is 19.3. The summed E-state index contributed by atoms with van der Waals surface area (Å²) in [6.45, 7) is 1.08. The third kappa shape index (κ3) is 2.19. The second-order valence-corrected chi connectivity index (χ2v) is 4.40. The van der Waals surface area contributed by atoms with Crippen LogP contribution in [0.1, 0.15) is 38.5 Å². The predicted octanol–water partition coefficient (Wildman–Crippen LogP) is 2.56. The van der Waals surface area contributed by atoms with Crippen LogP contribution in [-0.4, -0.2) is 18.5 Å². The quantitative estimate of drug-likeness (QED) is 0.668. The highest BCUT2D eigenvalue weighted by Gasteiger charge is 2.37. The maximum Gasteiger partial charge on any atom is 0.248 e. The van der Waals surface area contributed by atoms with Crippen molar-refractivity contribution in [1.29, 1.82) is 0 Å². The van der Waals surface area contributed by atoms with E-state index in [0.29, 0.717) is 24.8 Å². The lowest BCUT2D eigenvalue weighted by Gasteiger charge is -2.31. The van der Waals surface area contributed by atoms with E-state index in [9.17, 15) is 8.78 Å². The first-order chi connectivity index (χ1) is 6.17. The maximum atomic E-state index is 12.8. The van der Waals surface area contributed by atoms with Crippen LogP contribution in [0.2, 0.25) is 0 Å². The first-order valence-electron chi connectivity index (χ1n) is 5.29. The summed E-state index contributed by atoms with van der Waals surface area (Å²) >= 11 is 0. The Labute approximate surface area is 77.9 Å². The van der Waals surface area contributed by atoms with Gasteiger partial charge in [-0.15, -0.1) is 0 Å². The van der Waals surface area contributed by atoms with Gasteiger partial charge in [0, 0.05) is 18.9 Å². The van der Waals surface area contributed by atoms with Crippen LogP contribution in [0.25, 0.3) is 0 Å². The normalized spacial score (nSPS) is 35.1. The first kappa shape index (κ1) is 9.38. The van der Waals surface area contributed by atoms with Crippen LogP contribution in [0, 0.1) is 5.92 Å². The molecule has 0 aromatic carbocycles. The molecule has 13 heavy (non-hydrogen) atoms. The van der Waals surface area contributed by atoms with Crippen molar-refractivity contribution in [1.82, 2.24) is 5.32 Å². The van der Waals surface area contributed by atoms with Crippen molar-refractivity contribution in [3.05, 3.63) is 0 Å². The molecule has 0 aromatic heterocycles. The van der Waals surface area contributed by atoms with Gasteiger partial charge < -0.3 is 5.32 Å². The van der Waals surface area contributed by atoms with Gasteiger partial charge in [0.05, 0.1) is 0 Å². The molecule has 1 aliphatic carbocycles. The van der Waals surface area contributed by atoms with E-state index < -0.39 is 5.92 Å². The van der Waals surface area contributed by atoms with Crippen LogP contribution in [-0.2, 0) is 0 Å². The first-order valence-corrected chi connectivity index (χ1v) is 5.29. The molecular weight excluding hydrogens is 172 g/mol. The highest BCUT2D eigenvalue weighted by molar-refractivity contribution is 4.87. The number of hydrogen-bond acceptors (Lipinski definition) is 1. The Bertz CT molecular complexity index is 166. The topological polar surface area (TPSA) is 12.0 Å². The Morgan fingerprint density at radius 2 is 1.77 bits per heavy atom. The van der Waals surface area contributed by atoms with E-state index in [1.54, 1.807) is 0 Å². The Morgan fingerprint density at radius 1 is 1.08 bits per heavy atom. The van der Waals surface area contributed by atoms with Gasteiger partial charge in [0.2, 0.25) is 5.92 Å². The molecule has 2 rings (SSSR count). The van der Waals surface area contributed by atoms with Gasteiger partial charge in [-0.25, -0.2) is 8.78 Å². The second-order valence-electron chi connectivity index (χ2n) is 4.40. The van der Waals surface area contributed by atoms with Crippen molar-refractivity contribution in [3.8, 4) is 0 Å². The molecule has 1 atom stereocenters. The Kier molecular flexibility index (Phi) is 2.54. The zero-order valence-corrected chi connectivity index (χ0v) is 7.86. The number of nitrogens with one attached hydrogen (secondary N) is 1. The fraction of sp³-hybridized carbons (Fsp3) is 1.00. The molecule has 0 spiro atoms. The van der Waals surface area contributed by atoms with Crippen LogP contribution in [0.4, 0.5) is 8.78 Å². The van der Waals surface area contributed by atoms with Crippen molar-refractivity contribution in [2.75, 3.05) is 6.54 Å². The molecular formula is C10H17F2N. The van der Waals surface area contributed by atoms with Crippen molar-refractivity contribution in [2.45, 2.75) is 50.5 Å². The second kappa shape index (κ2) is 3.52. The standard InChI is InChI=1S/C10H17F2N/c11-10(12)5-3-8(4-6-10)9-2-1-7-13-9/h8-9,13H,1-7H2. The van der Waals surface area contributed by atoms with E-state index in [-0.39, 0.29) is 12.8 Å². The monoisotopic (exact) mass is 189 g/mol. The third-order valence-electron chi connectivity index (χ3n) is 3.43. The lowest BCUT2D eigenvalue weighted by atomic mass is 9.81. The summed E-state index contributed by atoms with van der Waals surface area (Å²) in [5.41, 5.74) is 0. The molecule has 2 aliphatic rings. The van der Waals surface area contributed by atoms with E-state index in [0.717, 1.165) is 6.54 Å². The van der Waals surface area contributed by atoms with Crippen LogP contribution in [0.3, 0.4) is 0 Å². The largest absolute Gasteiger partial charge is 0.314 e. The van der Waals surface area contributed by atoms with Crippen molar-refractivity contribution >= 4 is 0 Å². The van der Waals surface area contributed by atoms with E-state index in [2.05, 4.69) is 5.32 Å². The average molecular weight is 189 g/mol. The number of alkyl halides is 2. The summed E-state index contributed by atoms with van der Waals surface area (Å²) in [6.07, 6.45) is 4.05. The Balaban J connectivity index is 1.83. The number of halogens is 2. The molecule has 0 aromatic rings. The predicted molar refractivity (Wildman–Crippen MR) is 47.9 cm³/mol. The summed E-state index contributed by atoms with van der Waals surface area (Å²) in [5, 5.41) is 3.41. The lowest BCUT2D eigenvalue weighted by molar-refractivity contribution is -0.0488. The average Bonchev–Trinajstić information content (AvgIpc) is 2.56. The zero-order valence-electron chi connectivity index (χ0n) is 7.86. The molecule has 1 saturated carbocycles. The van der Waals surface area contributed by atoms with Gasteiger partial charge in [0.25, 0.3) is 0 Å². The van der Waals surface area contributed by atoms with Crippen LogP contribution in [0.5, 0.6) is 0 Å². The van der Waals surface area contributed by atoms with Gasteiger partial charge in [-0.1, -0.05) is 0 Å². The summed E-state index contributed by atoms with van der Waals surface area (Å²) in [4.78, 5) is 0. The fourth-order valence-corrected chi connectivity index (χ4v) is 2.58. The van der Waals surface area contributed by atoms with Crippen molar-refractivity contribution in [2.24, 2.45) is 5.92 Å². The van der Waals surface area contributed by atoms with Gasteiger partial charge in [-0.2, -0.15) is 0 Å². The van der Waals surface area contributed by atoms with Crippen molar-refractivity contribution in [3.63, 3.8) is 0 Å². The number of rotatable bonds is 1. The van der Waals surface area contributed by atoms with Gasteiger partial charge in [-0.3, -0.25) is 0 Å². The molecule has 1 aliphatic heterocycles. The summed E-state index contributed by atoms with van der Waals surface area (Å²) in [7, 11) is 0. The molecule has 2 fully saturated rings. The molecule has 0 radical (unpaired) electrons. The van der Waals surface area contributed by atoms with Gasteiger partial charge >= 0.3 is 0 Å². The fourth-order valence-electron chi connectivity index (χ4n) is 2.58. The minimum absolute atomic E-state index is 0.107. The molecule has 0 bridgehead atoms. The highest BCUT2D eigenvalue weighted by Crippen LogP contribution is 2.38. The maximum absolute atomic E-state index is 12.8. The van der Waals surface area contributed by atoms with E-state index >= 15 is 0 Å². The van der Waals surface area contributed by atoms with E-state index in [1.807, 2.05) is 0 Å². The van der Waals surface area contributed by atoms with Gasteiger partial charge in [0.15, 0.2) is 0 Å². The number of hydrogen-bond donors (Lipinski definition) is 1. The summed E-state index contributed by atoms with van der Waals surface area (Å²) in [5.74, 6) is -1.85. The Morgan fingerprint density at radius 3 is 2.31 bits per heavy atom. The molecule has 1 nitrogen and oxygen atoms in total. The zero-order chi connectivity index (χ0) is 9.31. The smallest absolute Gasteiger partial charge is 0.248 e. The Hall–Kier alpha value is -0.180. The van der Waals surface area contributed by atoms with E-state index in [4.69, 9.17) is 0 Å². The molecule has 1 heterocycles. The molecule has 1 unspecified atom stereocenters. The molecule has 76 valence electrons. The third-order valence-corrected chi connectivity index (χ3v) is 3.43. The van der Waals surface area contributed by atoms with Crippen LogP contribution >= 0.6 is 0 Å². The SMILES string of the molecule is FC1(F)CCC(C2CCCN2)CC1.